The number of carbonyl (C=O) groups excluding carboxylic acids is 2. The number of benzene rings is 1. The van der Waals surface area contributed by atoms with E-state index in [1.807, 2.05) is 21.9 Å². The minimum atomic E-state index is 0.0162. The van der Waals surface area contributed by atoms with Gasteiger partial charge in [-0.3, -0.25) is 9.59 Å². The van der Waals surface area contributed by atoms with Crippen LogP contribution in [0, 0.1) is 11.3 Å². The third kappa shape index (κ3) is 4.35. The Morgan fingerprint density at radius 1 is 1.00 bits per heavy atom. The van der Waals surface area contributed by atoms with Crippen molar-refractivity contribution in [3.63, 3.8) is 0 Å². The summed E-state index contributed by atoms with van der Waals surface area (Å²) >= 11 is 0. The van der Waals surface area contributed by atoms with Crippen molar-refractivity contribution in [3.8, 4) is 6.07 Å². The van der Waals surface area contributed by atoms with Crippen molar-refractivity contribution in [3.05, 3.63) is 58.8 Å². The molecule has 1 saturated heterocycles. The van der Waals surface area contributed by atoms with Gasteiger partial charge in [0.05, 0.1) is 5.56 Å². The molecule has 1 aliphatic heterocycles. The average Bonchev–Trinajstić information content (AvgIpc) is 2.82. The maximum atomic E-state index is 12.6. The van der Waals surface area contributed by atoms with Gasteiger partial charge in [0.25, 0.3) is 0 Å². The van der Waals surface area contributed by atoms with Gasteiger partial charge >= 0.3 is 0 Å². The minimum Gasteiger partial charge on any atom is -0.352 e. The number of nitrogens with zero attached hydrogens (tertiary/aromatic N) is 4. The molecule has 2 heterocycles. The van der Waals surface area contributed by atoms with Crippen LogP contribution in [0.4, 0.5) is 5.82 Å². The number of anilines is 1. The average molecular weight is 402 g/mol. The fraction of sp³-hybridized carbons (Fsp3) is 0.417. The van der Waals surface area contributed by atoms with Gasteiger partial charge in [-0.05, 0) is 55.0 Å². The number of fused-ring (bicyclic) bond motifs is 1. The molecular formula is C24H26N4O2. The van der Waals surface area contributed by atoms with Gasteiger partial charge in [0.15, 0.2) is 5.78 Å². The predicted molar refractivity (Wildman–Crippen MR) is 114 cm³/mol. The third-order valence-corrected chi connectivity index (χ3v) is 6.08. The Morgan fingerprint density at radius 3 is 2.53 bits per heavy atom. The number of carbonyl (C=O) groups is 2. The normalized spacial score (nSPS) is 16.0. The zero-order valence-corrected chi connectivity index (χ0v) is 17.1. The number of ketones is 1. The lowest BCUT2D eigenvalue weighted by molar-refractivity contribution is -0.131. The van der Waals surface area contributed by atoms with Crippen LogP contribution < -0.4 is 4.90 Å². The highest BCUT2D eigenvalue weighted by Gasteiger charge is 2.24. The van der Waals surface area contributed by atoms with Gasteiger partial charge in [0.1, 0.15) is 11.9 Å². The highest BCUT2D eigenvalue weighted by molar-refractivity contribution is 5.98. The Balaban J connectivity index is 1.29. The van der Waals surface area contributed by atoms with E-state index in [1.165, 1.54) is 24.0 Å². The summed E-state index contributed by atoms with van der Waals surface area (Å²) in [6, 6.07) is 11.7. The molecule has 6 heteroatoms. The van der Waals surface area contributed by atoms with Gasteiger partial charge in [-0.2, -0.15) is 5.26 Å². The fourth-order valence-corrected chi connectivity index (χ4v) is 4.33. The van der Waals surface area contributed by atoms with E-state index in [0.29, 0.717) is 37.6 Å². The zero-order valence-electron chi connectivity index (χ0n) is 17.1. The molecule has 0 spiro atoms. The SMILES string of the molecule is N#Cc1cccnc1N1CCN(C(=O)CCC(=O)c2ccc3c(c2)CCCC3)CC1. The number of piperazine rings is 1. The Morgan fingerprint density at radius 2 is 1.77 bits per heavy atom. The number of Topliss-reactive ketones (excluding diaryl/α,β-unsaturated/α-hetero) is 1. The first kappa shape index (κ1) is 20.1. The first-order valence-corrected chi connectivity index (χ1v) is 10.7. The number of aryl methyl sites for hydroxylation is 2. The summed E-state index contributed by atoms with van der Waals surface area (Å²) in [5.41, 5.74) is 3.93. The Labute approximate surface area is 177 Å². The van der Waals surface area contributed by atoms with E-state index in [9.17, 15) is 14.9 Å². The number of aromatic nitrogens is 1. The molecule has 2 aliphatic rings. The van der Waals surface area contributed by atoms with E-state index in [2.05, 4.69) is 17.1 Å². The first-order valence-electron chi connectivity index (χ1n) is 10.7. The lowest BCUT2D eigenvalue weighted by atomic mass is 9.89. The van der Waals surface area contributed by atoms with Gasteiger partial charge in [0, 0.05) is 50.8 Å². The van der Waals surface area contributed by atoms with Crippen LogP contribution in [0.2, 0.25) is 0 Å². The standard InChI is InChI=1S/C24H26N4O2/c25-17-21-6-3-11-26-24(21)28-14-12-27(13-15-28)23(30)10-9-22(29)20-8-7-18-4-1-2-5-19(18)16-20/h3,6-8,11,16H,1-2,4-5,9-10,12-15H2. The van der Waals surface area contributed by atoms with Crippen molar-refractivity contribution in [1.82, 2.24) is 9.88 Å². The molecule has 1 aromatic carbocycles. The monoisotopic (exact) mass is 402 g/mol. The van der Waals surface area contributed by atoms with Gasteiger partial charge in [-0.25, -0.2) is 4.98 Å². The molecule has 4 rings (SSSR count). The molecule has 6 nitrogen and oxygen atoms in total. The molecule has 0 unspecified atom stereocenters. The summed E-state index contributed by atoms with van der Waals surface area (Å²) in [5, 5.41) is 9.26. The number of hydrogen-bond acceptors (Lipinski definition) is 5. The smallest absolute Gasteiger partial charge is 0.223 e. The molecule has 0 bridgehead atoms. The third-order valence-electron chi connectivity index (χ3n) is 6.08. The van der Waals surface area contributed by atoms with Crippen LogP contribution in [-0.2, 0) is 17.6 Å². The lowest BCUT2D eigenvalue weighted by Crippen LogP contribution is -2.49. The second kappa shape index (κ2) is 9.08. The van der Waals surface area contributed by atoms with Crippen molar-refractivity contribution in [2.75, 3.05) is 31.1 Å². The second-order valence-electron chi connectivity index (χ2n) is 7.97. The second-order valence-corrected chi connectivity index (χ2v) is 7.97. The number of nitriles is 1. The Hall–Kier alpha value is -3.20. The number of pyridine rings is 1. The highest BCUT2D eigenvalue weighted by atomic mass is 16.2. The largest absolute Gasteiger partial charge is 0.352 e. The van der Waals surface area contributed by atoms with Crippen LogP contribution >= 0.6 is 0 Å². The Bertz CT molecular complexity index is 987. The van der Waals surface area contributed by atoms with E-state index in [4.69, 9.17) is 0 Å². The minimum absolute atomic E-state index is 0.0162. The van der Waals surface area contributed by atoms with Crippen LogP contribution in [0.15, 0.2) is 36.5 Å². The van der Waals surface area contributed by atoms with Gasteiger partial charge < -0.3 is 9.80 Å². The molecule has 0 radical (unpaired) electrons. The van der Waals surface area contributed by atoms with Gasteiger partial charge in [0.2, 0.25) is 5.91 Å². The zero-order chi connectivity index (χ0) is 20.9. The van der Waals surface area contributed by atoms with Crippen LogP contribution in [0.1, 0.15) is 52.7 Å². The summed E-state index contributed by atoms with van der Waals surface area (Å²) < 4.78 is 0. The Kier molecular flexibility index (Phi) is 6.08. The summed E-state index contributed by atoms with van der Waals surface area (Å²) in [6.45, 7) is 2.42. The number of hydrogen-bond donors (Lipinski definition) is 0. The van der Waals surface area contributed by atoms with Crippen molar-refractivity contribution < 1.29 is 9.59 Å². The van der Waals surface area contributed by atoms with E-state index in [1.54, 1.807) is 18.3 Å². The van der Waals surface area contributed by atoms with Gasteiger partial charge in [-0.15, -0.1) is 0 Å². The fourth-order valence-electron chi connectivity index (χ4n) is 4.33. The number of rotatable bonds is 5. The van der Waals surface area contributed by atoms with E-state index < -0.39 is 0 Å². The van der Waals surface area contributed by atoms with E-state index in [-0.39, 0.29) is 24.5 Å². The summed E-state index contributed by atoms with van der Waals surface area (Å²) in [5.74, 6) is 0.736. The molecule has 0 saturated carbocycles. The quantitative estimate of drug-likeness (QED) is 0.718. The van der Waals surface area contributed by atoms with Gasteiger partial charge in [-0.1, -0.05) is 12.1 Å². The van der Waals surface area contributed by atoms with E-state index in [0.717, 1.165) is 18.4 Å². The molecule has 1 amide bonds. The van der Waals surface area contributed by atoms with Crippen LogP contribution in [0.3, 0.4) is 0 Å². The summed E-state index contributed by atoms with van der Waals surface area (Å²) in [4.78, 5) is 33.4. The molecule has 1 fully saturated rings. The van der Waals surface area contributed by atoms with Crippen molar-refractivity contribution in [2.45, 2.75) is 38.5 Å². The lowest BCUT2D eigenvalue weighted by Gasteiger charge is -2.35. The van der Waals surface area contributed by atoms with Crippen LogP contribution in [0.25, 0.3) is 0 Å². The molecule has 154 valence electrons. The highest BCUT2D eigenvalue weighted by Crippen LogP contribution is 2.23. The molecular weight excluding hydrogens is 376 g/mol. The van der Waals surface area contributed by atoms with Crippen LogP contribution in [-0.4, -0.2) is 47.8 Å². The molecule has 1 aromatic heterocycles. The predicted octanol–water partition coefficient (Wildman–Crippen LogP) is 3.14. The first-order chi connectivity index (χ1) is 14.7. The topological polar surface area (TPSA) is 77.3 Å². The maximum Gasteiger partial charge on any atom is 0.223 e. The van der Waals surface area contributed by atoms with Crippen molar-refractivity contribution in [2.24, 2.45) is 0 Å². The molecule has 2 aromatic rings. The molecule has 1 aliphatic carbocycles. The van der Waals surface area contributed by atoms with E-state index >= 15 is 0 Å². The number of amides is 1. The van der Waals surface area contributed by atoms with Crippen LogP contribution in [0.5, 0.6) is 0 Å². The summed E-state index contributed by atoms with van der Waals surface area (Å²) in [6.07, 6.45) is 6.72. The molecule has 0 atom stereocenters. The summed E-state index contributed by atoms with van der Waals surface area (Å²) in [7, 11) is 0. The van der Waals surface area contributed by atoms with Crippen molar-refractivity contribution >= 4 is 17.5 Å². The van der Waals surface area contributed by atoms with Crippen molar-refractivity contribution in [1.29, 1.82) is 5.26 Å². The maximum absolute atomic E-state index is 12.6. The molecule has 30 heavy (non-hydrogen) atoms. The molecule has 0 N–H and O–H groups in total.